The number of rotatable bonds is 4. The summed E-state index contributed by atoms with van der Waals surface area (Å²) in [4.78, 5) is 7.15. The van der Waals surface area contributed by atoms with Crippen LogP contribution in [-0.4, -0.2) is 36.6 Å². The van der Waals surface area contributed by atoms with Crippen molar-refractivity contribution in [1.82, 2.24) is 15.2 Å². The lowest BCUT2D eigenvalue weighted by molar-refractivity contribution is 0.177. The van der Waals surface area contributed by atoms with Gasteiger partial charge in [-0.2, -0.15) is 0 Å². The maximum atomic E-state index is 4.57. The lowest BCUT2D eigenvalue weighted by Crippen LogP contribution is -2.36. The standard InChI is InChI=1S/C18H25N3.ClH/c1-14-3-5-17-11-16(4-6-18(17)20-14)13-21-9-7-15(8-10-21)12-19-2;/h3-6,11,15,19H,7-10,12-13H2,1-2H3;1H. The van der Waals surface area contributed by atoms with Crippen LogP contribution >= 0.6 is 12.4 Å². The smallest absolute Gasteiger partial charge is 0.0705 e. The molecule has 3 nitrogen and oxygen atoms in total. The summed E-state index contributed by atoms with van der Waals surface area (Å²) in [5.74, 6) is 0.857. The second kappa shape index (κ2) is 7.91. The third kappa shape index (κ3) is 4.19. The van der Waals surface area contributed by atoms with Crippen molar-refractivity contribution in [3.63, 3.8) is 0 Å². The van der Waals surface area contributed by atoms with Crippen molar-refractivity contribution < 1.29 is 0 Å². The zero-order chi connectivity index (χ0) is 14.7. The highest BCUT2D eigenvalue weighted by molar-refractivity contribution is 5.85. The molecule has 120 valence electrons. The van der Waals surface area contributed by atoms with Gasteiger partial charge in [0.25, 0.3) is 0 Å². The van der Waals surface area contributed by atoms with Gasteiger partial charge in [0.05, 0.1) is 5.52 Å². The minimum atomic E-state index is 0. The molecule has 0 amide bonds. The first-order chi connectivity index (χ1) is 10.2. The molecule has 2 aromatic rings. The highest BCUT2D eigenvalue weighted by Crippen LogP contribution is 2.20. The summed E-state index contributed by atoms with van der Waals surface area (Å²) in [6.45, 7) is 6.71. The van der Waals surface area contributed by atoms with Gasteiger partial charge in [-0.3, -0.25) is 9.88 Å². The Morgan fingerprint density at radius 2 is 1.95 bits per heavy atom. The summed E-state index contributed by atoms with van der Waals surface area (Å²) in [5, 5.41) is 4.55. The monoisotopic (exact) mass is 319 g/mol. The third-order valence-electron chi connectivity index (χ3n) is 4.50. The topological polar surface area (TPSA) is 28.2 Å². The van der Waals surface area contributed by atoms with E-state index in [1.807, 2.05) is 6.92 Å². The molecule has 0 atom stereocenters. The Morgan fingerprint density at radius 1 is 1.18 bits per heavy atom. The summed E-state index contributed by atoms with van der Waals surface area (Å²) >= 11 is 0. The van der Waals surface area contributed by atoms with Gasteiger partial charge in [0.2, 0.25) is 0 Å². The highest BCUT2D eigenvalue weighted by Gasteiger charge is 2.18. The summed E-state index contributed by atoms with van der Waals surface area (Å²) in [5.41, 5.74) is 3.59. The SMILES string of the molecule is CNCC1CCN(Cc2ccc3nc(C)ccc3c2)CC1.Cl. The minimum absolute atomic E-state index is 0. The van der Waals surface area contributed by atoms with E-state index in [0.29, 0.717) is 0 Å². The van der Waals surface area contributed by atoms with Crippen molar-refractivity contribution in [2.45, 2.75) is 26.3 Å². The van der Waals surface area contributed by atoms with E-state index in [4.69, 9.17) is 0 Å². The number of pyridine rings is 1. The lowest BCUT2D eigenvalue weighted by atomic mass is 9.96. The fourth-order valence-corrected chi connectivity index (χ4v) is 3.27. The zero-order valence-corrected chi connectivity index (χ0v) is 14.3. The first-order valence-corrected chi connectivity index (χ1v) is 7.98. The van der Waals surface area contributed by atoms with Crippen LogP contribution in [0.3, 0.4) is 0 Å². The van der Waals surface area contributed by atoms with E-state index in [0.717, 1.165) is 30.2 Å². The van der Waals surface area contributed by atoms with E-state index in [1.54, 1.807) is 0 Å². The van der Waals surface area contributed by atoms with Crippen LogP contribution < -0.4 is 5.32 Å². The normalized spacial score (nSPS) is 16.6. The predicted molar refractivity (Wildman–Crippen MR) is 95.7 cm³/mol. The van der Waals surface area contributed by atoms with Crippen molar-refractivity contribution >= 4 is 23.3 Å². The number of benzene rings is 1. The molecule has 1 aromatic heterocycles. The molecule has 0 spiro atoms. The Balaban J connectivity index is 0.00000176. The van der Waals surface area contributed by atoms with Gasteiger partial charge >= 0.3 is 0 Å². The van der Waals surface area contributed by atoms with Gasteiger partial charge in [0.15, 0.2) is 0 Å². The van der Waals surface area contributed by atoms with Crippen LogP contribution in [0, 0.1) is 12.8 Å². The maximum Gasteiger partial charge on any atom is 0.0705 e. The van der Waals surface area contributed by atoms with Crippen molar-refractivity contribution in [1.29, 1.82) is 0 Å². The van der Waals surface area contributed by atoms with Crippen LogP contribution in [0.2, 0.25) is 0 Å². The molecule has 0 unspecified atom stereocenters. The Morgan fingerprint density at radius 3 is 2.68 bits per heavy atom. The van der Waals surface area contributed by atoms with E-state index >= 15 is 0 Å². The van der Waals surface area contributed by atoms with E-state index < -0.39 is 0 Å². The number of hydrogen-bond acceptors (Lipinski definition) is 3. The van der Waals surface area contributed by atoms with Gasteiger partial charge < -0.3 is 5.32 Å². The summed E-state index contributed by atoms with van der Waals surface area (Å²) in [6.07, 6.45) is 2.63. The highest BCUT2D eigenvalue weighted by atomic mass is 35.5. The van der Waals surface area contributed by atoms with E-state index in [2.05, 4.69) is 52.6 Å². The number of aromatic nitrogens is 1. The van der Waals surface area contributed by atoms with Gasteiger partial charge in [0.1, 0.15) is 0 Å². The molecule has 0 radical (unpaired) electrons. The second-order valence-corrected chi connectivity index (χ2v) is 6.26. The second-order valence-electron chi connectivity index (χ2n) is 6.26. The number of aryl methyl sites for hydroxylation is 1. The van der Waals surface area contributed by atoms with E-state index in [-0.39, 0.29) is 12.4 Å². The number of nitrogens with one attached hydrogen (secondary N) is 1. The molecule has 1 N–H and O–H groups in total. The zero-order valence-electron chi connectivity index (χ0n) is 13.5. The average Bonchev–Trinajstić information content (AvgIpc) is 2.50. The molecule has 1 saturated heterocycles. The largest absolute Gasteiger partial charge is 0.319 e. The molecule has 22 heavy (non-hydrogen) atoms. The van der Waals surface area contributed by atoms with Crippen LogP contribution in [0.25, 0.3) is 10.9 Å². The van der Waals surface area contributed by atoms with Crippen molar-refractivity contribution in [2.24, 2.45) is 5.92 Å². The number of halogens is 1. The van der Waals surface area contributed by atoms with Gasteiger partial charge in [-0.15, -0.1) is 12.4 Å². The van der Waals surface area contributed by atoms with Crippen LogP contribution in [0.5, 0.6) is 0 Å². The molecule has 4 heteroatoms. The third-order valence-corrected chi connectivity index (χ3v) is 4.50. The Bertz CT molecular complexity index is 606. The van der Waals surface area contributed by atoms with Crippen LogP contribution in [0.1, 0.15) is 24.1 Å². The van der Waals surface area contributed by atoms with Crippen molar-refractivity contribution in [3.05, 3.63) is 41.6 Å². The molecule has 1 aliphatic rings. The molecule has 1 fully saturated rings. The van der Waals surface area contributed by atoms with E-state index in [9.17, 15) is 0 Å². The first kappa shape index (κ1) is 17.2. The lowest BCUT2D eigenvalue weighted by Gasteiger charge is -2.31. The van der Waals surface area contributed by atoms with Crippen LogP contribution in [-0.2, 0) is 6.54 Å². The maximum absolute atomic E-state index is 4.57. The number of hydrogen-bond donors (Lipinski definition) is 1. The van der Waals surface area contributed by atoms with Gasteiger partial charge in [0, 0.05) is 17.6 Å². The molecule has 0 saturated carbocycles. The summed E-state index contributed by atoms with van der Waals surface area (Å²) in [6, 6.07) is 11.0. The fourth-order valence-electron chi connectivity index (χ4n) is 3.27. The molecular formula is C18H26ClN3. The number of likely N-dealkylation sites (tertiary alicyclic amines) is 1. The molecule has 0 bridgehead atoms. The van der Waals surface area contributed by atoms with Crippen LogP contribution in [0.15, 0.2) is 30.3 Å². The first-order valence-electron chi connectivity index (χ1n) is 7.98. The number of fused-ring (bicyclic) bond motifs is 1. The van der Waals surface area contributed by atoms with Crippen LogP contribution in [0.4, 0.5) is 0 Å². The molecule has 1 aromatic carbocycles. The van der Waals surface area contributed by atoms with E-state index in [1.165, 1.54) is 36.9 Å². The summed E-state index contributed by atoms with van der Waals surface area (Å²) in [7, 11) is 2.05. The summed E-state index contributed by atoms with van der Waals surface area (Å²) < 4.78 is 0. The predicted octanol–water partition coefficient (Wildman–Crippen LogP) is 3.40. The van der Waals surface area contributed by atoms with Gasteiger partial charge in [-0.05, 0) is 76.1 Å². The molecule has 2 heterocycles. The molecular weight excluding hydrogens is 294 g/mol. The molecule has 0 aliphatic carbocycles. The minimum Gasteiger partial charge on any atom is -0.319 e. The fraction of sp³-hybridized carbons (Fsp3) is 0.500. The Kier molecular flexibility index (Phi) is 6.18. The average molecular weight is 320 g/mol. The molecule has 1 aliphatic heterocycles. The number of nitrogens with zero attached hydrogens (tertiary/aromatic N) is 2. The Hall–Kier alpha value is -1.16. The number of piperidine rings is 1. The van der Waals surface area contributed by atoms with Gasteiger partial charge in [-0.25, -0.2) is 0 Å². The van der Waals surface area contributed by atoms with Gasteiger partial charge in [-0.1, -0.05) is 12.1 Å². The Labute approximate surface area is 139 Å². The van der Waals surface area contributed by atoms with Crippen molar-refractivity contribution in [2.75, 3.05) is 26.7 Å². The molecule has 3 rings (SSSR count). The van der Waals surface area contributed by atoms with Crippen molar-refractivity contribution in [3.8, 4) is 0 Å². The quantitative estimate of drug-likeness (QED) is 0.936.